The van der Waals surface area contributed by atoms with E-state index in [1.54, 1.807) is 0 Å². The standard InChI is InChI=1S/C9H12FNO3/c1-14-9(13)11-5-2-3-6(11)8(10)7(12)4-5/h5-6,8H,2-4H2,1H3/t5-,6+,8+/m0/s1. The van der Waals surface area contributed by atoms with Crippen LogP contribution in [0.3, 0.4) is 0 Å². The van der Waals surface area contributed by atoms with Crippen molar-refractivity contribution in [1.82, 2.24) is 4.90 Å². The Morgan fingerprint density at radius 3 is 2.93 bits per heavy atom. The topological polar surface area (TPSA) is 46.6 Å². The van der Waals surface area contributed by atoms with Crippen molar-refractivity contribution in [2.45, 2.75) is 37.5 Å². The number of rotatable bonds is 0. The van der Waals surface area contributed by atoms with Gasteiger partial charge in [-0.15, -0.1) is 0 Å². The highest BCUT2D eigenvalue weighted by Gasteiger charge is 2.49. The van der Waals surface area contributed by atoms with Gasteiger partial charge in [0.25, 0.3) is 0 Å². The fraction of sp³-hybridized carbons (Fsp3) is 0.778. The molecule has 0 spiro atoms. The van der Waals surface area contributed by atoms with Crippen LogP contribution in [0.25, 0.3) is 0 Å². The number of carbonyl (C=O) groups excluding carboxylic acids is 2. The Morgan fingerprint density at radius 1 is 1.57 bits per heavy atom. The van der Waals surface area contributed by atoms with Crippen LogP contribution in [0.2, 0.25) is 0 Å². The van der Waals surface area contributed by atoms with E-state index in [0.717, 1.165) is 0 Å². The molecule has 0 saturated carbocycles. The predicted molar refractivity (Wildman–Crippen MR) is 45.6 cm³/mol. The normalized spacial score (nSPS) is 36.0. The lowest BCUT2D eigenvalue weighted by atomic mass is 10.0. The van der Waals surface area contributed by atoms with E-state index in [1.807, 2.05) is 0 Å². The van der Waals surface area contributed by atoms with Crippen LogP contribution in [0.1, 0.15) is 19.3 Å². The van der Waals surface area contributed by atoms with Crippen molar-refractivity contribution in [2.75, 3.05) is 7.11 Å². The fourth-order valence-corrected chi connectivity index (χ4v) is 2.35. The summed E-state index contributed by atoms with van der Waals surface area (Å²) in [6, 6.07) is -0.736. The molecule has 2 aliphatic rings. The number of alkyl halides is 1. The number of hydrogen-bond donors (Lipinski definition) is 0. The molecule has 0 radical (unpaired) electrons. The minimum absolute atomic E-state index is 0.132. The first-order valence-electron chi connectivity index (χ1n) is 4.68. The summed E-state index contributed by atoms with van der Waals surface area (Å²) in [5.41, 5.74) is 0. The number of hydrogen-bond acceptors (Lipinski definition) is 3. The molecule has 2 heterocycles. The van der Waals surface area contributed by atoms with Gasteiger partial charge in [-0.05, 0) is 12.8 Å². The number of piperidine rings is 1. The number of Topliss-reactive ketones (excluding diaryl/α,β-unsaturated/α-hetero) is 1. The number of halogens is 1. The molecule has 3 atom stereocenters. The van der Waals surface area contributed by atoms with E-state index in [-0.39, 0.29) is 18.2 Å². The van der Waals surface area contributed by atoms with E-state index in [0.29, 0.717) is 12.8 Å². The van der Waals surface area contributed by atoms with E-state index in [2.05, 4.69) is 4.74 Å². The van der Waals surface area contributed by atoms with E-state index < -0.39 is 18.3 Å². The van der Waals surface area contributed by atoms with Gasteiger partial charge in [0, 0.05) is 12.5 Å². The molecular formula is C9H12FNO3. The number of ketones is 1. The quantitative estimate of drug-likeness (QED) is 0.585. The van der Waals surface area contributed by atoms with Gasteiger partial charge in [0.2, 0.25) is 0 Å². The minimum atomic E-state index is -1.52. The van der Waals surface area contributed by atoms with Gasteiger partial charge < -0.3 is 4.74 Å². The molecule has 2 aliphatic heterocycles. The molecule has 5 heteroatoms. The molecule has 0 aromatic heterocycles. The first kappa shape index (κ1) is 9.43. The molecule has 0 aliphatic carbocycles. The minimum Gasteiger partial charge on any atom is -0.453 e. The Balaban J connectivity index is 2.21. The first-order chi connectivity index (χ1) is 6.65. The molecule has 2 fully saturated rings. The zero-order valence-corrected chi connectivity index (χ0v) is 7.90. The number of carbonyl (C=O) groups is 2. The highest BCUT2D eigenvalue weighted by Crippen LogP contribution is 2.35. The third-order valence-corrected chi connectivity index (χ3v) is 3.01. The Kier molecular flexibility index (Phi) is 2.17. The number of ether oxygens (including phenoxy) is 1. The highest BCUT2D eigenvalue weighted by atomic mass is 19.1. The van der Waals surface area contributed by atoms with Crippen LogP contribution < -0.4 is 0 Å². The maximum absolute atomic E-state index is 13.4. The molecule has 2 saturated heterocycles. The summed E-state index contributed by atoms with van der Waals surface area (Å²) in [5, 5.41) is 0. The molecule has 2 bridgehead atoms. The van der Waals surface area contributed by atoms with Crippen LogP contribution in [0.5, 0.6) is 0 Å². The number of fused-ring (bicyclic) bond motifs is 2. The molecule has 2 rings (SSSR count). The van der Waals surface area contributed by atoms with Crippen LogP contribution >= 0.6 is 0 Å². The molecular weight excluding hydrogens is 189 g/mol. The average molecular weight is 201 g/mol. The molecule has 1 amide bonds. The smallest absolute Gasteiger partial charge is 0.410 e. The van der Waals surface area contributed by atoms with Crippen molar-refractivity contribution >= 4 is 11.9 Å². The molecule has 14 heavy (non-hydrogen) atoms. The molecule has 0 N–H and O–H groups in total. The lowest BCUT2D eigenvalue weighted by Gasteiger charge is -2.34. The number of amides is 1. The molecule has 0 aromatic rings. The monoisotopic (exact) mass is 201 g/mol. The van der Waals surface area contributed by atoms with E-state index in [9.17, 15) is 14.0 Å². The van der Waals surface area contributed by atoms with Crippen LogP contribution in [-0.4, -0.2) is 42.1 Å². The van der Waals surface area contributed by atoms with Crippen LogP contribution in [0.15, 0.2) is 0 Å². The summed E-state index contributed by atoms with van der Waals surface area (Å²) in [6.07, 6.45) is -0.647. The van der Waals surface area contributed by atoms with Crippen LogP contribution in [0.4, 0.5) is 9.18 Å². The zero-order chi connectivity index (χ0) is 10.3. The van der Waals surface area contributed by atoms with Gasteiger partial charge in [-0.25, -0.2) is 9.18 Å². The van der Waals surface area contributed by atoms with Gasteiger partial charge in [0.15, 0.2) is 12.0 Å². The second-order valence-electron chi connectivity index (χ2n) is 3.75. The summed E-state index contributed by atoms with van der Waals surface area (Å²) in [4.78, 5) is 23.8. The predicted octanol–water partition coefficient (Wildman–Crippen LogP) is 0.897. The average Bonchev–Trinajstić information content (AvgIpc) is 2.52. The summed E-state index contributed by atoms with van der Waals surface area (Å²) in [5.74, 6) is -0.377. The lowest BCUT2D eigenvalue weighted by molar-refractivity contribution is -0.129. The Labute approximate surface area is 81.0 Å². The second-order valence-corrected chi connectivity index (χ2v) is 3.75. The van der Waals surface area contributed by atoms with E-state index in [4.69, 9.17) is 0 Å². The van der Waals surface area contributed by atoms with Gasteiger partial charge in [-0.3, -0.25) is 9.69 Å². The third-order valence-electron chi connectivity index (χ3n) is 3.01. The number of methoxy groups -OCH3 is 1. The molecule has 0 unspecified atom stereocenters. The summed E-state index contributed by atoms with van der Waals surface area (Å²) >= 11 is 0. The van der Waals surface area contributed by atoms with E-state index in [1.165, 1.54) is 12.0 Å². The highest BCUT2D eigenvalue weighted by molar-refractivity contribution is 5.87. The molecule has 78 valence electrons. The Morgan fingerprint density at radius 2 is 2.29 bits per heavy atom. The van der Waals surface area contributed by atoms with Crippen molar-refractivity contribution in [3.05, 3.63) is 0 Å². The Hall–Kier alpha value is -1.13. The summed E-state index contributed by atoms with van der Waals surface area (Å²) < 4.78 is 18.0. The van der Waals surface area contributed by atoms with E-state index >= 15 is 0 Å². The Bertz CT molecular complexity index is 281. The van der Waals surface area contributed by atoms with Gasteiger partial charge in [0.1, 0.15) is 0 Å². The van der Waals surface area contributed by atoms with Crippen molar-refractivity contribution in [3.8, 4) is 0 Å². The van der Waals surface area contributed by atoms with Crippen LogP contribution in [-0.2, 0) is 9.53 Å². The lowest BCUT2D eigenvalue weighted by Crippen LogP contribution is -2.53. The van der Waals surface area contributed by atoms with Gasteiger partial charge >= 0.3 is 6.09 Å². The number of nitrogens with zero attached hydrogens (tertiary/aromatic N) is 1. The van der Waals surface area contributed by atoms with Gasteiger partial charge in [0.05, 0.1) is 13.2 Å². The molecule has 4 nitrogen and oxygen atoms in total. The third kappa shape index (κ3) is 1.19. The largest absolute Gasteiger partial charge is 0.453 e. The van der Waals surface area contributed by atoms with Crippen molar-refractivity contribution < 1.29 is 18.7 Å². The zero-order valence-electron chi connectivity index (χ0n) is 7.90. The fourth-order valence-electron chi connectivity index (χ4n) is 2.35. The van der Waals surface area contributed by atoms with Gasteiger partial charge in [-0.1, -0.05) is 0 Å². The summed E-state index contributed by atoms with van der Waals surface area (Å²) in [6.45, 7) is 0. The summed E-state index contributed by atoms with van der Waals surface area (Å²) in [7, 11) is 1.27. The van der Waals surface area contributed by atoms with Gasteiger partial charge in [-0.2, -0.15) is 0 Å². The van der Waals surface area contributed by atoms with Crippen molar-refractivity contribution in [2.24, 2.45) is 0 Å². The second kappa shape index (κ2) is 3.22. The molecule has 0 aromatic carbocycles. The maximum atomic E-state index is 13.4. The van der Waals surface area contributed by atoms with Crippen LogP contribution in [0, 0.1) is 0 Å². The van der Waals surface area contributed by atoms with Crippen molar-refractivity contribution in [1.29, 1.82) is 0 Å². The van der Waals surface area contributed by atoms with Crippen molar-refractivity contribution in [3.63, 3.8) is 0 Å². The SMILES string of the molecule is COC(=O)N1[C@H]2CC[C@@H]1[C@@H](F)C(=O)C2. The maximum Gasteiger partial charge on any atom is 0.410 e. The first-order valence-corrected chi connectivity index (χ1v) is 4.68.